The van der Waals surface area contributed by atoms with Gasteiger partial charge in [-0.05, 0) is 61.0 Å². The summed E-state index contributed by atoms with van der Waals surface area (Å²) >= 11 is 0. The van der Waals surface area contributed by atoms with Crippen LogP contribution in [0.15, 0.2) is 51.0 Å². The molecule has 1 saturated heterocycles. The minimum Gasteiger partial charge on any atom is -0.504 e. The van der Waals surface area contributed by atoms with E-state index in [1.807, 2.05) is 11.9 Å². The lowest BCUT2D eigenvalue weighted by Gasteiger charge is -2.53. The maximum absolute atomic E-state index is 14.4. The number of esters is 2. The molecule has 2 N–H and O–H groups in total. The van der Waals surface area contributed by atoms with Crippen LogP contribution in [0.2, 0.25) is 0 Å². The van der Waals surface area contributed by atoms with Gasteiger partial charge in [0.2, 0.25) is 11.3 Å². The number of Topliss-reactive ketones (excluding diaryl/α,β-unsaturated/α-hetero) is 2. The van der Waals surface area contributed by atoms with Crippen LogP contribution in [0.4, 0.5) is 11.4 Å². The van der Waals surface area contributed by atoms with Crippen LogP contribution in [0.25, 0.3) is 11.0 Å². The van der Waals surface area contributed by atoms with Crippen molar-refractivity contribution >= 4 is 51.9 Å². The minimum absolute atomic E-state index is 0.0312. The number of rotatable bonds is 18. The number of benzene rings is 1. The zero-order chi connectivity index (χ0) is 42.8. The second-order valence-corrected chi connectivity index (χ2v) is 16.3. The molecule has 4 aliphatic rings. The highest BCUT2D eigenvalue weighted by atomic mass is 16.6. The number of aliphatic hydroxyl groups excluding tert-OH is 1. The van der Waals surface area contributed by atoms with E-state index in [-0.39, 0.29) is 71.5 Å². The lowest BCUT2D eigenvalue weighted by molar-refractivity contribution is -0.383. The number of hydrogen-bond acceptors (Lipinski definition) is 16. The summed E-state index contributed by atoms with van der Waals surface area (Å²) in [6.07, 6.45) is 3.66. The number of carbonyl (C=O) groups is 5. The van der Waals surface area contributed by atoms with Crippen LogP contribution in [0.1, 0.15) is 84.5 Å². The first-order valence-electron chi connectivity index (χ1n) is 19.9. The minimum atomic E-state index is -1.39. The van der Waals surface area contributed by atoms with Crippen molar-refractivity contribution in [2.45, 2.75) is 96.7 Å². The Hall–Kier alpha value is -5.65. The number of aliphatic carboxylic acids is 1. The van der Waals surface area contributed by atoms with Crippen LogP contribution < -0.4 is 4.90 Å². The van der Waals surface area contributed by atoms with Gasteiger partial charge in [-0.2, -0.15) is 0 Å². The molecule has 2 heterocycles. The number of nitro groups is 1. The Labute approximate surface area is 340 Å². The maximum atomic E-state index is 14.4. The number of aliphatic hydroxyl groups is 1. The summed E-state index contributed by atoms with van der Waals surface area (Å²) in [7, 11) is 4.98. The monoisotopic (exact) mass is 821 g/mol. The van der Waals surface area contributed by atoms with Crippen molar-refractivity contribution in [2.24, 2.45) is 16.7 Å². The number of carboxylic acids is 1. The topological polar surface area (TPSA) is 242 Å². The lowest BCUT2D eigenvalue weighted by atomic mass is 9.53. The van der Waals surface area contributed by atoms with E-state index in [1.54, 1.807) is 31.9 Å². The molecule has 5 atom stereocenters. The molecule has 59 heavy (non-hydrogen) atoms. The fourth-order valence-electron chi connectivity index (χ4n) is 9.41. The molecule has 0 radical (unpaired) electrons. The van der Waals surface area contributed by atoms with Gasteiger partial charge in [-0.15, -0.1) is 0 Å². The van der Waals surface area contributed by atoms with Gasteiger partial charge >= 0.3 is 23.6 Å². The normalized spacial score (nSPS) is 25.8. The third kappa shape index (κ3) is 8.06. The van der Waals surface area contributed by atoms with E-state index in [4.69, 9.17) is 23.9 Å². The van der Waals surface area contributed by atoms with Crippen LogP contribution >= 0.6 is 0 Å². The van der Waals surface area contributed by atoms with E-state index in [1.165, 1.54) is 19.4 Å². The largest absolute Gasteiger partial charge is 0.504 e. The number of aromatic nitrogens is 2. The highest BCUT2D eigenvalue weighted by molar-refractivity contribution is 6.14. The van der Waals surface area contributed by atoms with E-state index in [0.29, 0.717) is 69.3 Å². The van der Waals surface area contributed by atoms with Crippen molar-refractivity contribution in [2.75, 3.05) is 45.8 Å². The Balaban J connectivity index is 1.22. The highest BCUT2D eigenvalue weighted by Gasteiger charge is 2.64. The first-order chi connectivity index (χ1) is 28.0. The molecule has 0 bridgehead atoms. The van der Waals surface area contributed by atoms with Crippen LogP contribution in [0.3, 0.4) is 0 Å². The number of fused-ring (bicyclic) bond motifs is 5. The Morgan fingerprint density at radius 2 is 1.73 bits per heavy atom. The van der Waals surface area contributed by atoms with Gasteiger partial charge in [0, 0.05) is 94.7 Å². The second-order valence-electron chi connectivity index (χ2n) is 16.3. The Kier molecular flexibility index (Phi) is 12.6. The summed E-state index contributed by atoms with van der Waals surface area (Å²) < 4.78 is 22.6. The Bertz CT molecular complexity index is 2140. The summed E-state index contributed by atoms with van der Waals surface area (Å²) in [6.45, 7) is 4.40. The van der Waals surface area contributed by atoms with Crippen molar-refractivity contribution in [3.05, 3.63) is 56.5 Å². The molecule has 18 heteroatoms. The molecule has 318 valence electrons. The number of ketones is 2. The molecule has 3 aliphatic carbocycles. The standard InChI is InChI=1S/C41H51N5O13/c1-40-20-27(57-31(50)13-9-7-11-19-45(4)25-15-16-26(46(54)55)36-35(25)42-59-43-36)34-32(24(40)14-17-28(40)47)37(51)38(52)33-23(21-44(3)18-10-6-8-12-30(48)49)39(53)58-29(22-56-5)41(33,34)2/h15-16,21,24,27,29,52H,6-14,17-20,22H2,1-5H3,(H,48,49)/b23-21-/t24-,27+,29+,40-,41-/m0/s1. The first kappa shape index (κ1) is 42.9. The third-order valence-corrected chi connectivity index (χ3v) is 12.5. The average molecular weight is 822 g/mol. The number of cyclic esters (lactones) is 1. The van der Waals surface area contributed by atoms with Gasteiger partial charge in [0.15, 0.2) is 11.3 Å². The number of nitrogens with zero attached hydrogens (tertiary/aromatic N) is 5. The van der Waals surface area contributed by atoms with E-state index in [0.717, 1.165) is 0 Å². The van der Waals surface area contributed by atoms with Crippen molar-refractivity contribution in [1.29, 1.82) is 0 Å². The summed E-state index contributed by atoms with van der Waals surface area (Å²) in [6, 6.07) is 2.93. The number of carbonyl (C=O) groups excluding carboxylic acids is 4. The van der Waals surface area contributed by atoms with Gasteiger partial charge in [-0.1, -0.05) is 19.8 Å². The third-order valence-electron chi connectivity index (χ3n) is 12.5. The number of unbranched alkanes of at least 4 members (excludes halogenated alkanes) is 4. The van der Waals surface area contributed by atoms with E-state index in [2.05, 4.69) is 10.3 Å². The molecule has 18 nitrogen and oxygen atoms in total. The van der Waals surface area contributed by atoms with Crippen LogP contribution in [-0.2, 0) is 38.2 Å². The molecule has 1 aromatic heterocycles. The van der Waals surface area contributed by atoms with Crippen molar-refractivity contribution in [3.63, 3.8) is 0 Å². The number of non-ortho nitro benzene ring substituents is 1. The van der Waals surface area contributed by atoms with Crippen molar-refractivity contribution < 1.29 is 57.9 Å². The molecule has 6 rings (SSSR count). The predicted octanol–water partition coefficient (Wildman–Crippen LogP) is 5.16. The molecule has 0 amide bonds. The summed E-state index contributed by atoms with van der Waals surface area (Å²) in [5.74, 6) is -4.16. The second kappa shape index (κ2) is 17.3. The highest BCUT2D eigenvalue weighted by Crippen LogP contribution is 2.62. The SMILES string of the molecule is COC[C@H]1OC(=O)/C(=C\N(C)CCCCCC(=O)O)C2=C(O)C(=O)C3=C([C@H](OC(=O)CCCCCN(C)c4ccc([N+](=O)[O-])c5nonc45)C[C@]4(C)C(=O)CC[C@@H]34)[C@]21C. The molecule has 0 unspecified atom stereocenters. The summed E-state index contributed by atoms with van der Waals surface area (Å²) in [5.41, 5.74) is -1.10. The Morgan fingerprint density at radius 3 is 2.42 bits per heavy atom. The van der Waals surface area contributed by atoms with Crippen LogP contribution in [0.5, 0.6) is 0 Å². The fraction of sp³-hybridized carbons (Fsp3) is 0.585. The van der Waals surface area contributed by atoms with Gasteiger partial charge in [0.1, 0.15) is 18.0 Å². The van der Waals surface area contributed by atoms with E-state index < -0.39 is 63.3 Å². The number of ether oxygens (including phenoxy) is 3. The number of carboxylic acid groups (broad SMARTS) is 1. The molecule has 1 aliphatic heterocycles. The maximum Gasteiger partial charge on any atom is 0.340 e. The van der Waals surface area contributed by atoms with Gasteiger partial charge in [-0.3, -0.25) is 29.3 Å². The Morgan fingerprint density at radius 1 is 1.03 bits per heavy atom. The number of hydrogen-bond donors (Lipinski definition) is 2. The molecule has 2 aromatic rings. The quantitative estimate of drug-likeness (QED) is 0.0649. The van der Waals surface area contributed by atoms with E-state index >= 15 is 0 Å². The first-order valence-corrected chi connectivity index (χ1v) is 19.9. The molecule has 0 spiro atoms. The molecular weight excluding hydrogens is 770 g/mol. The number of anilines is 1. The van der Waals surface area contributed by atoms with Crippen molar-refractivity contribution in [1.82, 2.24) is 15.2 Å². The molecule has 1 aromatic carbocycles. The summed E-state index contributed by atoms with van der Waals surface area (Å²) in [4.78, 5) is 80.8. The van der Waals surface area contributed by atoms with Gasteiger partial charge in [0.25, 0.3) is 0 Å². The van der Waals surface area contributed by atoms with Crippen molar-refractivity contribution in [3.8, 4) is 0 Å². The number of nitro benzene ring substituents is 1. The van der Waals surface area contributed by atoms with E-state index in [9.17, 15) is 39.2 Å². The number of allylic oxidation sites excluding steroid dienone is 1. The van der Waals surface area contributed by atoms with Gasteiger partial charge < -0.3 is 34.2 Å². The predicted molar refractivity (Wildman–Crippen MR) is 209 cm³/mol. The summed E-state index contributed by atoms with van der Waals surface area (Å²) in [5, 5.41) is 39.8. The lowest BCUT2D eigenvalue weighted by Crippen LogP contribution is -2.57. The van der Waals surface area contributed by atoms with Gasteiger partial charge in [0.05, 0.1) is 28.2 Å². The zero-order valence-corrected chi connectivity index (χ0v) is 34.0. The molecular formula is C41H51N5O13. The fourth-order valence-corrected chi connectivity index (χ4v) is 9.41. The van der Waals surface area contributed by atoms with Crippen LogP contribution in [-0.4, -0.2) is 113 Å². The average Bonchev–Trinajstić information content (AvgIpc) is 3.78. The van der Waals surface area contributed by atoms with Gasteiger partial charge in [-0.25, -0.2) is 9.42 Å². The van der Waals surface area contributed by atoms with Crippen LogP contribution in [0, 0.1) is 26.9 Å². The smallest absolute Gasteiger partial charge is 0.340 e. The zero-order valence-electron chi connectivity index (χ0n) is 34.0. The molecule has 2 fully saturated rings. The number of methoxy groups -OCH3 is 1. The molecule has 1 saturated carbocycles.